The lowest BCUT2D eigenvalue weighted by molar-refractivity contribution is 0.185. The summed E-state index contributed by atoms with van der Waals surface area (Å²) in [6.45, 7) is 3.44. The zero-order valence-corrected chi connectivity index (χ0v) is 8.97. The quantitative estimate of drug-likeness (QED) is 0.711. The first-order valence-electron chi connectivity index (χ1n) is 5.86. The number of rotatable bonds is 2. The van der Waals surface area contributed by atoms with E-state index in [4.69, 9.17) is 5.32 Å². The molecule has 2 heterocycles. The fourth-order valence-corrected chi connectivity index (χ4v) is 2.75. The van der Waals surface area contributed by atoms with Crippen LogP contribution in [0.2, 0.25) is 0 Å². The molecule has 0 aromatic heterocycles. The number of likely N-dealkylation sites (tertiary alicyclic amines) is 1. The van der Waals surface area contributed by atoms with Crippen molar-refractivity contribution in [1.29, 1.82) is 0 Å². The number of hydrogen-bond donors (Lipinski definition) is 0. The molecule has 2 aliphatic heterocycles. The number of piperazine rings is 1. The van der Waals surface area contributed by atoms with Crippen LogP contribution < -0.4 is 5.32 Å². The molecule has 1 radical (unpaired) electrons. The van der Waals surface area contributed by atoms with Gasteiger partial charge in [-0.25, -0.2) is 5.32 Å². The second-order valence-corrected chi connectivity index (χ2v) is 4.71. The van der Waals surface area contributed by atoms with Gasteiger partial charge in [0.2, 0.25) is 0 Å². The first kappa shape index (κ1) is 9.37. The molecule has 0 spiro atoms. The molecule has 0 N–H and O–H groups in total. The largest absolute Gasteiger partial charge is 0.296 e. The van der Waals surface area contributed by atoms with Crippen molar-refractivity contribution in [3.8, 4) is 0 Å². The molecule has 2 nitrogen and oxygen atoms in total. The average molecular weight is 201 g/mol. The van der Waals surface area contributed by atoms with Crippen LogP contribution in [0.4, 0.5) is 0 Å². The average Bonchev–Trinajstić information content (AvgIpc) is 2.60. The molecule has 2 heteroatoms. The van der Waals surface area contributed by atoms with Gasteiger partial charge in [0.1, 0.15) is 0 Å². The van der Waals surface area contributed by atoms with Gasteiger partial charge in [-0.05, 0) is 18.4 Å². The smallest absolute Gasteiger partial charge is 0.0377 e. The standard InChI is InChI=1S/C13H17N2/c1-2-4-11(5-3-1)8-15-9-12-6-7-13(10-15)14-12/h1-5,12-13H,6-10H2. The number of nitrogens with zero attached hydrogens (tertiary/aromatic N) is 2. The Kier molecular flexibility index (Phi) is 2.47. The highest BCUT2D eigenvalue weighted by Gasteiger charge is 2.33. The van der Waals surface area contributed by atoms with E-state index >= 15 is 0 Å². The van der Waals surface area contributed by atoms with Gasteiger partial charge in [-0.15, -0.1) is 0 Å². The third-order valence-corrected chi connectivity index (χ3v) is 3.44. The van der Waals surface area contributed by atoms with Crippen molar-refractivity contribution in [3.05, 3.63) is 35.9 Å². The summed E-state index contributed by atoms with van der Waals surface area (Å²) in [5.74, 6) is 0. The Balaban J connectivity index is 1.65. The zero-order chi connectivity index (χ0) is 10.1. The Labute approximate surface area is 91.3 Å². The second-order valence-electron chi connectivity index (χ2n) is 4.71. The van der Waals surface area contributed by atoms with Crippen LogP contribution in [0.5, 0.6) is 0 Å². The van der Waals surface area contributed by atoms with Crippen molar-refractivity contribution >= 4 is 0 Å². The van der Waals surface area contributed by atoms with Crippen LogP contribution in [0.25, 0.3) is 0 Å². The fourth-order valence-electron chi connectivity index (χ4n) is 2.75. The molecule has 2 bridgehead atoms. The van der Waals surface area contributed by atoms with Gasteiger partial charge in [0, 0.05) is 31.7 Å². The van der Waals surface area contributed by atoms with Crippen LogP contribution in [-0.4, -0.2) is 30.1 Å². The molecule has 1 aromatic carbocycles. The summed E-state index contributed by atoms with van der Waals surface area (Å²) in [4.78, 5) is 2.56. The van der Waals surface area contributed by atoms with Crippen LogP contribution in [0.3, 0.4) is 0 Å². The molecule has 2 aliphatic rings. The van der Waals surface area contributed by atoms with E-state index in [-0.39, 0.29) is 0 Å². The summed E-state index contributed by atoms with van der Waals surface area (Å²) in [6.07, 6.45) is 2.63. The first-order chi connectivity index (χ1) is 7.40. The number of benzene rings is 1. The molecule has 2 atom stereocenters. The van der Waals surface area contributed by atoms with Crippen molar-refractivity contribution < 1.29 is 0 Å². The lowest BCUT2D eigenvalue weighted by Crippen LogP contribution is -2.46. The summed E-state index contributed by atoms with van der Waals surface area (Å²) < 4.78 is 0. The number of fused-ring (bicyclic) bond motifs is 2. The highest BCUT2D eigenvalue weighted by Crippen LogP contribution is 2.22. The topological polar surface area (TPSA) is 17.3 Å². The molecule has 2 unspecified atom stereocenters. The highest BCUT2D eigenvalue weighted by molar-refractivity contribution is 5.14. The minimum atomic E-state index is 0.632. The van der Waals surface area contributed by atoms with Gasteiger partial charge < -0.3 is 0 Å². The van der Waals surface area contributed by atoms with E-state index in [9.17, 15) is 0 Å². The Morgan fingerprint density at radius 1 is 1.07 bits per heavy atom. The van der Waals surface area contributed by atoms with Crippen LogP contribution in [0, 0.1) is 0 Å². The Morgan fingerprint density at radius 2 is 1.73 bits per heavy atom. The third kappa shape index (κ3) is 2.06. The van der Waals surface area contributed by atoms with E-state index in [1.54, 1.807) is 0 Å². The van der Waals surface area contributed by atoms with Crippen molar-refractivity contribution in [2.45, 2.75) is 31.5 Å². The van der Waals surface area contributed by atoms with Crippen molar-refractivity contribution in [2.24, 2.45) is 0 Å². The Bertz CT molecular complexity index is 311. The van der Waals surface area contributed by atoms with Gasteiger partial charge in [-0.3, -0.25) is 4.90 Å². The van der Waals surface area contributed by atoms with Gasteiger partial charge in [-0.2, -0.15) is 0 Å². The fraction of sp³-hybridized carbons (Fsp3) is 0.538. The van der Waals surface area contributed by atoms with Crippen molar-refractivity contribution in [1.82, 2.24) is 10.2 Å². The van der Waals surface area contributed by atoms with E-state index in [1.807, 2.05) is 0 Å². The van der Waals surface area contributed by atoms with Crippen molar-refractivity contribution in [2.75, 3.05) is 13.1 Å². The molecular formula is C13H17N2. The lowest BCUT2D eigenvalue weighted by Gasteiger charge is -2.31. The molecule has 15 heavy (non-hydrogen) atoms. The first-order valence-corrected chi connectivity index (χ1v) is 5.86. The van der Waals surface area contributed by atoms with E-state index in [1.165, 1.54) is 31.5 Å². The van der Waals surface area contributed by atoms with Crippen LogP contribution in [-0.2, 0) is 6.54 Å². The molecule has 0 saturated carbocycles. The maximum absolute atomic E-state index is 4.74. The van der Waals surface area contributed by atoms with Crippen LogP contribution >= 0.6 is 0 Å². The summed E-state index contributed by atoms with van der Waals surface area (Å²) in [5.41, 5.74) is 1.43. The maximum atomic E-state index is 4.74. The molecule has 1 aromatic rings. The van der Waals surface area contributed by atoms with Crippen LogP contribution in [0.1, 0.15) is 18.4 Å². The maximum Gasteiger partial charge on any atom is 0.0377 e. The number of hydrogen-bond acceptors (Lipinski definition) is 1. The Morgan fingerprint density at radius 3 is 2.40 bits per heavy atom. The predicted octanol–water partition coefficient (Wildman–Crippen LogP) is 1.64. The summed E-state index contributed by atoms with van der Waals surface area (Å²) in [5, 5.41) is 4.74. The summed E-state index contributed by atoms with van der Waals surface area (Å²) >= 11 is 0. The summed E-state index contributed by atoms with van der Waals surface area (Å²) in [6, 6.07) is 12.0. The van der Waals surface area contributed by atoms with Crippen molar-refractivity contribution in [3.63, 3.8) is 0 Å². The molecular weight excluding hydrogens is 184 g/mol. The molecule has 2 saturated heterocycles. The Hall–Kier alpha value is -0.860. The van der Waals surface area contributed by atoms with E-state index < -0.39 is 0 Å². The molecule has 0 amide bonds. The second kappa shape index (κ2) is 3.95. The van der Waals surface area contributed by atoms with Gasteiger partial charge in [0.25, 0.3) is 0 Å². The molecule has 79 valence electrons. The van der Waals surface area contributed by atoms with E-state index in [2.05, 4.69) is 35.2 Å². The summed E-state index contributed by atoms with van der Waals surface area (Å²) in [7, 11) is 0. The minimum Gasteiger partial charge on any atom is -0.296 e. The minimum absolute atomic E-state index is 0.632. The predicted molar refractivity (Wildman–Crippen MR) is 60.7 cm³/mol. The van der Waals surface area contributed by atoms with Gasteiger partial charge in [0.15, 0.2) is 0 Å². The van der Waals surface area contributed by atoms with Gasteiger partial charge in [-0.1, -0.05) is 30.3 Å². The van der Waals surface area contributed by atoms with E-state index in [0.29, 0.717) is 12.1 Å². The SMILES string of the molecule is c1ccc(CN2CC3CCC(C2)[N]3)cc1. The third-order valence-electron chi connectivity index (χ3n) is 3.44. The van der Waals surface area contributed by atoms with Gasteiger partial charge in [0.05, 0.1) is 0 Å². The zero-order valence-electron chi connectivity index (χ0n) is 8.97. The van der Waals surface area contributed by atoms with Crippen LogP contribution in [0.15, 0.2) is 30.3 Å². The molecule has 2 fully saturated rings. The lowest BCUT2D eigenvalue weighted by atomic mass is 10.1. The van der Waals surface area contributed by atoms with Gasteiger partial charge >= 0.3 is 0 Å². The van der Waals surface area contributed by atoms with E-state index in [0.717, 1.165) is 6.54 Å². The molecule has 0 aliphatic carbocycles. The monoisotopic (exact) mass is 201 g/mol. The highest BCUT2D eigenvalue weighted by atomic mass is 15.2. The molecule has 3 rings (SSSR count). The normalized spacial score (nSPS) is 30.7.